The van der Waals surface area contributed by atoms with Gasteiger partial charge in [0.15, 0.2) is 0 Å². The summed E-state index contributed by atoms with van der Waals surface area (Å²) in [5.41, 5.74) is 0.670. The Kier molecular flexibility index (Phi) is 3.93. The van der Waals surface area contributed by atoms with Crippen molar-refractivity contribution >= 4 is 17.6 Å². The molecule has 0 amide bonds. The van der Waals surface area contributed by atoms with Gasteiger partial charge >= 0.3 is 5.97 Å². The number of nitrogens with zero attached hydrogens (tertiary/aromatic N) is 1. The van der Waals surface area contributed by atoms with Gasteiger partial charge in [0.2, 0.25) is 0 Å². The maximum atomic E-state index is 11.1. The number of hydrogen-bond acceptors (Lipinski definition) is 2. The zero-order valence-corrected chi connectivity index (χ0v) is 11.3. The highest BCUT2D eigenvalue weighted by Gasteiger charge is 2.39. The molecule has 0 radical (unpaired) electrons. The molecule has 1 aliphatic heterocycles. The van der Waals surface area contributed by atoms with Gasteiger partial charge in [0.05, 0.1) is 5.41 Å². The van der Waals surface area contributed by atoms with Crippen LogP contribution in [0.5, 0.6) is 0 Å². The van der Waals surface area contributed by atoms with Gasteiger partial charge in [-0.1, -0.05) is 23.7 Å². The molecule has 0 aliphatic carbocycles. The van der Waals surface area contributed by atoms with Crippen molar-refractivity contribution in [2.45, 2.75) is 19.8 Å². The molecule has 3 nitrogen and oxygen atoms in total. The first-order valence-electron chi connectivity index (χ1n) is 6.20. The maximum Gasteiger partial charge on any atom is 0.310 e. The lowest BCUT2D eigenvalue weighted by Gasteiger charge is -2.19. The van der Waals surface area contributed by atoms with Gasteiger partial charge < -0.3 is 10.0 Å². The van der Waals surface area contributed by atoms with E-state index in [0.717, 1.165) is 31.0 Å². The molecular weight excluding hydrogens is 250 g/mol. The Morgan fingerprint density at radius 3 is 2.67 bits per heavy atom. The molecule has 1 saturated heterocycles. The Balaban J connectivity index is 1.85. The minimum Gasteiger partial charge on any atom is -0.481 e. The van der Waals surface area contributed by atoms with E-state index in [1.54, 1.807) is 0 Å². The fourth-order valence-electron chi connectivity index (χ4n) is 2.36. The quantitative estimate of drug-likeness (QED) is 0.912. The molecule has 0 saturated carbocycles. The van der Waals surface area contributed by atoms with Gasteiger partial charge in [-0.3, -0.25) is 4.79 Å². The predicted octanol–water partition coefficient (Wildman–Crippen LogP) is 2.68. The van der Waals surface area contributed by atoms with Crippen molar-refractivity contribution in [3.05, 3.63) is 34.9 Å². The van der Waals surface area contributed by atoms with E-state index in [-0.39, 0.29) is 0 Å². The molecule has 0 aromatic heterocycles. The molecular formula is C14H18ClNO2. The SMILES string of the molecule is CC1(C(=O)O)CCN(CCc2ccc(Cl)cc2)C1. The number of hydrogen-bond donors (Lipinski definition) is 1. The maximum absolute atomic E-state index is 11.1. The van der Waals surface area contributed by atoms with Crippen LogP contribution in [0, 0.1) is 5.41 Å². The molecule has 1 atom stereocenters. The van der Waals surface area contributed by atoms with E-state index in [0.29, 0.717) is 6.54 Å². The molecule has 0 spiro atoms. The van der Waals surface area contributed by atoms with Crippen molar-refractivity contribution in [2.75, 3.05) is 19.6 Å². The summed E-state index contributed by atoms with van der Waals surface area (Å²) in [4.78, 5) is 13.4. The lowest BCUT2D eigenvalue weighted by Crippen LogP contribution is -2.32. The van der Waals surface area contributed by atoms with Crippen LogP contribution in [0.1, 0.15) is 18.9 Å². The first-order chi connectivity index (χ1) is 8.49. The summed E-state index contributed by atoms with van der Waals surface area (Å²) < 4.78 is 0. The van der Waals surface area contributed by atoms with Gasteiger partial charge in [0, 0.05) is 18.1 Å². The summed E-state index contributed by atoms with van der Waals surface area (Å²) in [6, 6.07) is 7.83. The van der Waals surface area contributed by atoms with Crippen LogP contribution in [0.2, 0.25) is 5.02 Å². The lowest BCUT2D eigenvalue weighted by atomic mass is 9.90. The summed E-state index contributed by atoms with van der Waals surface area (Å²) in [6.45, 7) is 4.26. The Bertz CT molecular complexity index is 432. The number of likely N-dealkylation sites (tertiary alicyclic amines) is 1. The topological polar surface area (TPSA) is 40.5 Å². The van der Waals surface area contributed by atoms with Crippen molar-refractivity contribution in [2.24, 2.45) is 5.41 Å². The second-order valence-electron chi connectivity index (χ2n) is 5.27. The number of carboxylic acids is 1. The number of carboxylic acid groups (broad SMARTS) is 1. The second-order valence-corrected chi connectivity index (χ2v) is 5.70. The minimum absolute atomic E-state index is 0.569. The number of halogens is 1. The predicted molar refractivity (Wildman–Crippen MR) is 72.0 cm³/mol. The van der Waals surface area contributed by atoms with Crippen molar-refractivity contribution in [3.8, 4) is 0 Å². The molecule has 1 aromatic rings. The summed E-state index contributed by atoms with van der Waals surface area (Å²) in [7, 11) is 0. The Labute approximate surface area is 112 Å². The lowest BCUT2D eigenvalue weighted by molar-refractivity contribution is -0.147. The van der Waals surface area contributed by atoms with E-state index >= 15 is 0 Å². The van der Waals surface area contributed by atoms with E-state index in [4.69, 9.17) is 16.7 Å². The molecule has 1 N–H and O–H groups in total. The highest BCUT2D eigenvalue weighted by atomic mass is 35.5. The van der Waals surface area contributed by atoms with E-state index in [1.165, 1.54) is 5.56 Å². The van der Waals surface area contributed by atoms with Crippen LogP contribution in [-0.4, -0.2) is 35.6 Å². The third-order valence-corrected chi connectivity index (χ3v) is 3.95. The van der Waals surface area contributed by atoms with Crippen LogP contribution in [0.15, 0.2) is 24.3 Å². The monoisotopic (exact) mass is 267 g/mol. The molecule has 1 heterocycles. The molecule has 98 valence electrons. The summed E-state index contributed by atoms with van der Waals surface area (Å²) in [6.07, 6.45) is 1.68. The van der Waals surface area contributed by atoms with E-state index in [1.807, 2.05) is 31.2 Å². The number of rotatable bonds is 4. The van der Waals surface area contributed by atoms with E-state index < -0.39 is 11.4 Å². The van der Waals surface area contributed by atoms with E-state index in [9.17, 15) is 4.79 Å². The normalized spacial score (nSPS) is 24.3. The Morgan fingerprint density at radius 2 is 2.11 bits per heavy atom. The molecule has 1 aromatic carbocycles. The fraction of sp³-hybridized carbons (Fsp3) is 0.500. The van der Waals surface area contributed by atoms with Crippen molar-refractivity contribution in [1.29, 1.82) is 0 Å². The highest BCUT2D eigenvalue weighted by molar-refractivity contribution is 6.30. The minimum atomic E-state index is -0.684. The van der Waals surface area contributed by atoms with Gasteiger partial charge in [-0.15, -0.1) is 0 Å². The van der Waals surface area contributed by atoms with Crippen LogP contribution >= 0.6 is 11.6 Å². The second kappa shape index (κ2) is 5.29. The van der Waals surface area contributed by atoms with Crippen molar-refractivity contribution < 1.29 is 9.90 Å². The van der Waals surface area contributed by atoms with Crippen molar-refractivity contribution in [3.63, 3.8) is 0 Å². The third kappa shape index (κ3) is 3.03. The average molecular weight is 268 g/mol. The van der Waals surface area contributed by atoms with Crippen LogP contribution in [0.4, 0.5) is 0 Å². The van der Waals surface area contributed by atoms with Gasteiger partial charge in [0.25, 0.3) is 0 Å². The smallest absolute Gasteiger partial charge is 0.310 e. The molecule has 1 unspecified atom stereocenters. The molecule has 2 rings (SSSR count). The van der Waals surface area contributed by atoms with Crippen LogP contribution in [0.3, 0.4) is 0 Å². The van der Waals surface area contributed by atoms with E-state index in [2.05, 4.69) is 4.90 Å². The Hall–Kier alpha value is -1.06. The Morgan fingerprint density at radius 1 is 1.44 bits per heavy atom. The van der Waals surface area contributed by atoms with Crippen LogP contribution in [0.25, 0.3) is 0 Å². The van der Waals surface area contributed by atoms with Gasteiger partial charge in [0.1, 0.15) is 0 Å². The molecule has 18 heavy (non-hydrogen) atoms. The zero-order valence-electron chi connectivity index (χ0n) is 10.5. The van der Waals surface area contributed by atoms with Crippen LogP contribution < -0.4 is 0 Å². The highest BCUT2D eigenvalue weighted by Crippen LogP contribution is 2.30. The summed E-state index contributed by atoms with van der Waals surface area (Å²) in [5.74, 6) is -0.684. The molecule has 0 bridgehead atoms. The zero-order chi connectivity index (χ0) is 13.2. The fourth-order valence-corrected chi connectivity index (χ4v) is 2.49. The average Bonchev–Trinajstić information content (AvgIpc) is 2.72. The van der Waals surface area contributed by atoms with Gasteiger partial charge in [-0.2, -0.15) is 0 Å². The number of carbonyl (C=O) groups is 1. The number of aliphatic carboxylic acids is 1. The largest absolute Gasteiger partial charge is 0.481 e. The summed E-state index contributed by atoms with van der Waals surface area (Å²) >= 11 is 5.84. The van der Waals surface area contributed by atoms with Crippen LogP contribution in [-0.2, 0) is 11.2 Å². The standard InChI is InChI=1S/C14H18ClNO2/c1-14(13(17)18)7-9-16(10-14)8-6-11-2-4-12(15)5-3-11/h2-5H,6-10H2,1H3,(H,17,18). The number of benzene rings is 1. The molecule has 1 aliphatic rings. The van der Waals surface area contributed by atoms with Gasteiger partial charge in [-0.05, 0) is 44.0 Å². The van der Waals surface area contributed by atoms with Crippen molar-refractivity contribution in [1.82, 2.24) is 4.90 Å². The third-order valence-electron chi connectivity index (χ3n) is 3.70. The molecule has 1 fully saturated rings. The first-order valence-corrected chi connectivity index (χ1v) is 6.58. The molecule has 4 heteroatoms. The summed E-state index contributed by atoms with van der Waals surface area (Å²) in [5, 5.41) is 9.91. The van der Waals surface area contributed by atoms with Gasteiger partial charge in [-0.25, -0.2) is 0 Å². The first kappa shape index (κ1) is 13.4.